The van der Waals surface area contributed by atoms with Crippen LogP contribution in [-0.2, 0) is 4.79 Å². The molecule has 3 heteroatoms. The Morgan fingerprint density at radius 3 is 2.20 bits per heavy atom. The molecule has 0 aromatic carbocycles. The summed E-state index contributed by atoms with van der Waals surface area (Å²) in [5, 5.41) is 0. The molecule has 0 spiro atoms. The van der Waals surface area contributed by atoms with Crippen LogP contribution in [0.2, 0.25) is 0 Å². The summed E-state index contributed by atoms with van der Waals surface area (Å²) in [6.45, 7) is 1.96. The molecule has 0 aromatic rings. The Bertz CT molecular complexity index is 288. The molecule has 0 aromatic heterocycles. The molecule has 0 saturated heterocycles. The van der Waals surface area contributed by atoms with Crippen LogP contribution in [0, 0.1) is 0 Å². The van der Waals surface area contributed by atoms with Crippen LogP contribution in [0.3, 0.4) is 0 Å². The van der Waals surface area contributed by atoms with E-state index in [1.165, 1.54) is 0 Å². The fourth-order valence-corrected chi connectivity index (χ4v) is 0.875. The van der Waals surface area contributed by atoms with Crippen LogP contribution in [0.5, 0.6) is 0 Å². The predicted molar refractivity (Wildman–Crippen MR) is 64.0 cm³/mol. The van der Waals surface area contributed by atoms with E-state index >= 15 is 0 Å². The molecule has 0 heterocycles. The van der Waals surface area contributed by atoms with Crippen molar-refractivity contribution in [1.82, 2.24) is 0 Å². The SMILES string of the molecule is C/C=C/C=C/C=C/C=C/C(N)CC(N)=O. The fourth-order valence-electron chi connectivity index (χ4n) is 0.875. The molecule has 0 fully saturated rings. The molecule has 15 heavy (non-hydrogen) atoms. The Kier molecular flexibility index (Phi) is 8.00. The molecule has 0 aliphatic heterocycles. The molecule has 1 atom stereocenters. The molecular weight excluding hydrogens is 188 g/mol. The molecule has 0 aliphatic carbocycles. The quantitative estimate of drug-likeness (QED) is 0.645. The summed E-state index contributed by atoms with van der Waals surface area (Å²) in [6, 6.07) is -0.299. The predicted octanol–water partition coefficient (Wildman–Crippen LogP) is 1.43. The fraction of sp³-hybridized carbons (Fsp3) is 0.250. The molecule has 4 N–H and O–H groups in total. The summed E-state index contributed by atoms with van der Waals surface area (Å²) < 4.78 is 0. The lowest BCUT2D eigenvalue weighted by Gasteiger charge is -2.00. The Balaban J connectivity index is 3.82. The third kappa shape index (κ3) is 10.3. The molecule has 82 valence electrons. The highest BCUT2D eigenvalue weighted by Gasteiger charge is 1.99. The van der Waals surface area contributed by atoms with Crippen LogP contribution < -0.4 is 11.5 Å². The van der Waals surface area contributed by atoms with Crippen molar-refractivity contribution in [2.45, 2.75) is 19.4 Å². The topological polar surface area (TPSA) is 69.1 Å². The van der Waals surface area contributed by atoms with E-state index in [1.54, 1.807) is 12.2 Å². The van der Waals surface area contributed by atoms with E-state index in [4.69, 9.17) is 11.5 Å². The monoisotopic (exact) mass is 206 g/mol. The van der Waals surface area contributed by atoms with Crippen LogP contribution in [0.15, 0.2) is 48.6 Å². The van der Waals surface area contributed by atoms with Gasteiger partial charge in [-0.05, 0) is 6.92 Å². The first kappa shape index (κ1) is 13.4. The van der Waals surface area contributed by atoms with Crippen molar-refractivity contribution in [3.8, 4) is 0 Å². The normalized spacial score (nSPS) is 14.8. The van der Waals surface area contributed by atoms with Crippen LogP contribution >= 0.6 is 0 Å². The highest BCUT2D eigenvalue weighted by Crippen LogP contribution is 1.90. The molecule has 1 amide bonds. The second-order valence-electron chi connectivity index (χ2n) is 3.01. The smallest absolute Gasteiger partial charge is 0.219 e. The van der Waals surface area contributed by atoms with Gasteiger partial charge in [0.1, 0.15) is 0 Å². The first-order chi connectivity index (χ1) is 7.16. The van der Waals surface area contributed by atoms with Crippen molar-refractivity contribution in [3.63, 3.8) is 0 Å². The van der Waals surface area contributed by atoms with Gasteiger partial charge in [-0.1, -0.05) is 48.6 Å². The van der Waals surface area contributed by atoms with Crippen LogP contribution in [0.25, 0.3) is 0 Å². The summed E-state index contributed by atoms with van der Waals surface area (Å²) in [7, 11) is 0. The van der Waals surface area contributed by atoms with Crippen LogP contribution in [0.1, 0.15) is 13.3 Å². The third-order valence-corrected chi connectivity index (χ3v) is 1.54. The standard InChI is InChI=1S/C12H18N2O/c1-2-3-4-5-6-7-8-9-11(13)10-12(14)15/h2-9,11H,10,13H2,1H3,(H2,14,15)/b3-2+,5-4+,7-6+,9-8+. The lowest BCUT2D eigenvalue weighted by molar-refractivity contribution is -0.118. The number of nitrogens with two attached hydrogens (primary N) is 2. The number of carbonyl (C=O) groups excluding carboxylic acids is 1. The first-order valence-electron chi connectivity index (χ1n) is 4.83. The van der Waals surface area contributed by atoms with Crippen molar-refractivity contribution in [2.24, 2.45) is 11.5 Å². The second-order valence-corrected chi connectivity index (χ2v) is 3.01. The van der Waals surface area contributed by atoms with Gasteiger partial charge >= 0.3 is 0 Å². The zero-order valence-corrected chi connectivity index (χ0v) is 8.97. The van der Waals surface area contributed by atoms with Gasteiger partial charge < -0.3 is 11.5 Å². The number of primary amides is 1. The Labute approximate surface area is 90.8 Å². The molecule has 0 saturated carbocycles. The van der Waals surface area contributed by atoms with Gasteiger partial charge in [0.15, 0.2) is 0 Å². The van der Waals surface area contributed by atoms with E-state index in [1.807, 2.05) is 43.4 Å². The van der Waals surface area contributed by atoms with E-state index in [0.717, 1.165) is 0 Å². The van der Waals surface area contributed by atoms with Crippen molar-refractivity contribution in [1.29, 1.82) is 0 Å². The summed E-state index contributed by atoms with van der Waals surface area (Å²) in [5.74, 6) is -0.385. The molecule has 0 rings (SSSR count). The highest BCUT2D eigenvalue weighted by molar-refractivity contribution is 5.74. The van der Waals surface area contributed by atoms with E-state index in [2.05, 4.69) is 0 Å². The minimum absolute atomic E-state index is 0.179. The molecule has 0 bridgehead atoms. The molecule has 1 unspecified atom stereocenters. The molecule has 0 radical (unpaired) electrons. The van der Waals surface area contributed by atoms with Gasteiger partial charge in [-0.2, -0.15) is 0 Å². The summed E-state index contributed by atoms with van der Waals surface area (Å²) in [4.78, 5) is 10.5. The zero-order chi connectivity index (χ0) is 11.5. The van der Waals surface area contributed by atoms with Crippen molar-refractivity contribution in [2.75, 3.05) is 0 Å². The number of hydrogen-bond donors (Lipinski definition) is 2. The highest BCUT2D eigenvalue weighted by atomic mass is 16.1. The average Bonchev–Trinajstić information content (AvgIpc) is 2.15. The van der Waals surface area contributed by atoms with Gasteiger partial charge in [0, 0.05) is 12.5 Å². The molecular formula is C12H18N2O. The van der Waals surface area contributed by atoms with E-state index in [-0.39, 0.29) is 18.4 Å². The maximum Gasteiger partial charge on any atom is 0.219 e. The van der Waals surface area contributed by atoms with Gasteiger partial charge in [0.25, 0.3) is 0 Å². The average molecular weight is 206 g/mol. The van der Waals surface area contributed by atoms with E-state index in [9.17, 15) is 4.79 Å². The molecule has 0 aliphatic rings. The second kappa shape index (κ2) is 8.97. The van der Waals surface area contributed by atoms with Gasteiger partial charge in [0.2, 0.25) is 5.91 Å². The summed E-state index contributed by atoms with van der Waals surface area (Å²) >= 11 is 0. The zero-order valence-electron chi connectivity index (χ0n) is 8.97. The number of allylic oxidation sites excluding steroid dienone is 7. The van der Waals surface area contributed by atoms with Gasteiger partial charge in [-0.15, -0.1) is 0 Å². The van der Waals surface area contributed by atoms with Crippen molar-refractivity contribution >= 4 is 5.91 Å². The minimum Gasteiger partial charge on any atom is -0.370 e. The Hall–Kier alpha value is -1.61. The largest absolute Gasteiger partial charge is 0.370 e. The maximum atomic E-state index is 10.5. The lowest BCUT2D eigenvalue weighted by atomic mass is 10.2. The third-order valence-electron chi connectivity index (χ3n) is 1.54. The van der Waals surface area contributed by atoms with Crippen molar-refractivity contribution < 1.29 is 4.79 Å². The van der Waals surface area contributed by atoms with E-state index < -0.39 is 0 Å². The molecule has 3 nitrogen and oxygen atoms in total. The van der Waals surface area contributed by atoms with Crippen LogP contribution in [-0.4, -0.2) is 11.9 Å². The number of carbonyl (C=O) groups is 1. The summed E-state index contributed by atoms with van der Waals surface area (Å²) in [5.41, 5.74) is 10.6. The first-order valence-corrected chi connectivity index (χ1v) is 4.83. The van der Waals surface area contributed by atoms with Gasteiger partial charge in [-0.25, -0.2) is 0 Å². The lowest BCUT2D eigenvalue weighted by Crippen LogP contribution is -2.25. The number of amides is 1. The maximum absolute atomic E-state index is 10.5. The Morgan fingerprint density at radius 1 is 1.13 bits per heavy atom. The van der Waals surface area contributed by atoms with Gasteiger partial charge in [0.05, 0.1) is 0 Å². The number of rotatable bonds is 6. The Morgan fingerprint density at radius 2 is 1.67 bits per heavy atom. The summed E-state index contributed by atoms with van der Waals surface area (Å²) in [6.07, 6.45) is 15.2. The van der Waals surface area contributed by atoms with Gasteiger partial charge in [-0.3, -0.25) is 4.79 Å². The minimum atomic E-state index is -0.385. The number of hydrogen-bond acceptors (Lipinski definition) is 2. The van der Waals surface area contributed by atoms with Crippen LogP contribution in [0.4, 0.5) is 0 Å². The van der Waals surface area contributed by atoms with Crippen molar-refractivity contribution in [3.05, 3.63) is 48.6 Å². The van der Waals surface area contributed by atoms with E-state index in [0.29, 0.717) is 0 Å².